The van der Waals surface area contributed by atoms with Gasteiger partial charge in [-0.2, -0.15) is 5.10 Å². The highest BCUT2D eigenvalue weighted by Gasteiger charge is 2.27. The summed E-state index contributed by atoms with van der Waals surface area (Å²) in [4.78, 5) is 7.32. The van der Waals surface area contributed by atoms with Gasteiger partial charge in [0.2, 0.25) is 0 Å². The summed E-state index contributed by atoms with van der Waals surface area (Å²) in [5.41, 5.74) is 3.57. The lowest BCUT2D eigenvalue weighted by Crippen LogP contribution is -2.23. The minimum Gasteiger partial charge on any atom is -0.349 e. The minimum atomic E-state index is 0.434. The second-order valence-corrected chi connectivity index (χ2v) is 5.84. The number of aryl methyl sites for hydroxylation is 1. The van der Waals surface area contributed by atoms with E-state index in [4.69, 9.17) is 4.98 Å². The smallest absolute Gasteiger partial charge is 0.160 e. The SMILES string of the molecule is CCc1cnn2ccc(N3CCCC3c3ccccc3)nc12. The molecule has 2 aromatic heterocycles. The zero-order valence-corrected chi connectivity index (χ0v) is 12.8. The molecule has 3 aromatic rings. The molecule has 1 aromatic carbocycles. The molecule has 0 spiro atoms. The van der Waals surface area contributed by atoms with E-state index in [1.165, 1.54) is 24.0 Å². The first kappa shape index (κ1) is 13.3. The number of aromatic nitrogens is 3. The first-order valence-corrected chi connectivity index (χ1v) is 8.01. The predicted octanol–water partition coefficient (Wildman–Crippen LogP) is 3.63. The van der Waals surface area contributed by atoms with Crippen molar-refractivity contribution in [1.82, 2.24) is 14.6 Å². The molecule has 1 aliphatic rings. The van der Waals surface area contributed by atoms with Crippen molar-refractivity contribution in [2.75, 3.05) is 11.4 Å². The van der Waals surface area contributed by atoms with Crippen molar-refractivity contribution in [2.24, 2.45) is 0 Å². The maximum atomic E-state index is 4.89. The molecule has 1 fully saturated rings. The highest BCUT2D eigenvalue weighted by Crippen LogP contribution is 2.35. The van der Waals surface area contributed by atoms with Crippen LogP contribution in [-0.4, -0.2) is 21.1 Å². The first-order chi connectivity index (χ1) is 10.9. The largest absolute Gasteiger partial charge is 0.349 e. The van der Waals surface area contributed by atoms with E-state index in [0.717, 1.165) is 24.4 Å². The lowest BCUT2D eigenvalue weighted by atomic mass is 10.0. The van der Waals surface area contributed by atoms with Gasteiger partial charge in [-0.1, -0.05) is 37.3 Å². The predicted molar refractivity (Wildman–Crippen MR) is 88.1 cm³/mol. The Morgan fingerprint density at radius 3 is 2.86 bits per heavy atom. The summed E-state index contributed by atoms with van der Waals surface area (Å²) in [6.07, 6.45) is 7.31. The van der Waals surface area contributed by atoms with Crippen LogP contribution in [0.3, 0.4) is 0 Å². The molecule has 4 rings (SSSR count). The van der Waals surface area contributed by atoms with Crippen LogP contribution in [0.5, 0.6) is 0 Å². The number of nitrogens with zero attached hydrogens (tertiary/aromatic N) is 4. The van der Waals surface area contributed by atoms with E-state index in [-0.39, 0.29) is 0 Å². The van der Waals surface area contributed by atoms with E-state index in [1.807, 2.05) is 16.9 Å². The van der Waals surface area contributed by atoms with Gasteiger partial charge >= 0.3 is 0 Å². The summed E-state index contributed by atoms with van der Waals surface area (Å²) in [5, 5.41) is 4.37. The first-order valence-electron chi connectivity index (χ1n) is 8.01. The Kier molecular flexibility index (Phi) is 3.29. The normalized spacial score (nSPS) is 18.2. The Morgan fingerprint density at radius 2 is 2.05 bits per heavy atom. The molecule has 0 saturated carbocycles. The van der Waals surface area contributed by atoms with Crippen LogP contribution in [0.25, 0.3) is 5.65 Å². The molecule has 22 heavy (non-hydrogen) atoms. The molecule has 4 nitrogen and oxygen atoms in total. The van der Waals surface area contributed by atoms with E-state index in [1.54, 1.807) is 0 Å². The average molecular weight is 292 g/mol. The average Bonchev–Trinajstić information content (AvgIpc) is 3.21. The zero-order valence-electron chi connectivity index (χ0n) is 12.8. The lowest BCUT2D eigenvalue weighted by Gasteiger charge is -2.26. The molecule has 4 heteroatoms. The van der Waals surface area contributed by atoms with Crippen molar-refractivity contribution in [2.45, 2.75) is 32.2 Å². The Balaban J connectivity index is 1.74. The fourth-order valence-corrected chi connectivity index (χ4v) is 3.38. The van der Waals surface area contributed by atoms with Gasteiger partial charge in [0.1, 0.15) is 5.82 Å². The van der Waals surface area contributed by atoms with Gasteiger partial charge in [0, 0.05) is 18.3 Å². The highest BCUT2D eigenvalue weighted by atomic mass is 15.3. The molecule has 1 atom stereocenters. The molecule has 1 aliphatic heterocycles. The second-order valence-electron chi connectivity index (χ2n) is 5.84. The summed E-state index contributed by atoms with van der Waals surface area (Å²) in [6.45, 7) is 3.21. The third-order valence-electron chi connectivity index (χ3n) is 4.54. The Hall–Kier alpha value is -2.36. The quantitative estimate of drug-likeness (QED) is 0.739. The van der Waals surface area contributed by atoms with Gasteiger partial charge < -0.3 is 4.90 Å². The number of fused-ring (bicyclic) bond motifs is 1. The Labute approximate surface area is 130 Å². The topological polar surface area (TPSA) is 33.4 Å². The maximum absolute atomic E-state index is 4.89. The summed E-state index contributed by atoms with van der Waals surface area (Å²) in [6, 6.07) is 13.3. The number of benzene rings is 1. The van der Waals surface area contributed by atoms with E-state index >= 15 is 0 Å². The molecular weight excluding hydrogens is 272 g/mol. The third-order valence-corrected chi connectivity index (χ3v) is 4.54. The molecule has 0 radical (unpaired) electrons. The number of rotatable bonds is 3. The van der Waals surface area contributed by atoms with Crippen LogP contribution in [0.15, 0.2) is 48.8 Å². The second kappa shape index (κ2) is 5.44. The number of hydrogen-bond acceptors (Lipinski definition) is 3. The van der Waals surface area contributed by atoms with Gasteiger partial charge in [-0.05, 0) is 30.9 Å². The standard InChI is InChI=1S/C18H20N4/c1-2-14-13-19-22-12-10-17(20-18(14)22)21-11-6-9-16(21)15-7-4-3-5-8-15/h3-5,7-8,10,12-13,16H,2,6,9,11H2,1H3. The zero-order chi connectivity index (χ0) is 14.9. The third kappa shape index (κ3) is 2.15. The molecule has 3 heterocycles. The number of hydrogen-bond donors (Lipinski definition) is 0. The lowest BCUT2D eigenvalue weighted by molar-refractivity contribution is 0.710. The van der Waals surface area contributed by atoms with E-state index in [0.29, 0.717) is 6.04 Å². The van der Waals surface area contributed by atoms with Crippen LogP contribution in [0.1, 0.15) is 36.9 Å². The minimum absolute atomic E-state index is 0.434. The summed E-state index contributed by atoms with van der Waals surface area (Å²) in [5.74, 6) is 1.06. The molecule has 1 saturated heterocycles. The van der Waals surface area contributed by atoms with Crippen LogP contribution in [0, 0.1) is 0 Å². The van der Waals surface area contributed by atoms with E-state index in [9.17, 15) is 0 Å². The molecular formula is C18H20N4. The van der Waals surface area contributed by atoms with Gasteiger partial charge in [-0.3, -0.25) is 0 Å². The van der Waals surface area contributed by atoms with Gasteiger partial charge in [0.05, 0.1) is 12.2 Å². The van der Waals surface area contributed by atoms with Crippen molar-refractivity contribution in [1.29, 1.82) is 0 Å². The number of anilines is 1. The fraction of sp³-hybridized carbons (Fsp3) is 0.333. The highest BCUT2D eigenvalue weighted by molar-refractivity contribution is 5.54. The Bertz CT molecular complexity index is 778. The van der Waals surface area contributed by atoms with E-state index in [2.05, 4.69) is 53.3 Å². The van der Waals surface area contributed by atoms with Crippen LogP contribution in [0.4, 0.5) is 5.82 Å². The molecule has 0 aliphatic carbocycles. The summed E-state index contributed by atoms with van der Waals surface area (Å²) >= 11 is 0. The molecule has 0 amide bonds. The monoisotopic (exact) mass is 292 g/mol. The molecule has 0 N–H and O–H groups in total. The van der Waals surface area contributed by atoms with Crippen molar-refractivity contribution < 1.29 is 0 Å². The van der Waals surface area contributed by atoms with Crippen LogP contribution in [0.2, 0.25) is 0 Å². The van der Waals surface area contributed by atoms with Gasteiger partial charge in [-0.25, -0.2) is 9.50 Å². The molecule has 0 bridgehead atoms. The molecule has 112 valence electrons. The van der Waals surface area contributed by atoms with Gasteiger partial charge in [0.25, 0.3) is 0 Å². The van der Waals surface area contributed by atoms with Crippen LogP contribution >= 0.6 is 0 Å². The van der Waals surface area contributed by atoms with Gasteiger partial charge in [0.15, 0.2) is 5.65 Å². The van der Waals surface area contributed by atoms with Crippen LogP contribution in [-0.2, 0) is 6.42 Å². The van der Waals surface area contributed by atoms with Crippen LogP contribution < -0.4 is 4.90 Å². The van der Waals surface area contributed by atoms with Crippen molar-refractivity contribution in [3.8, 4) is 0 Å². The van der Waals surface area contributed by atoms with Crippen molar-refractivity contribution in [3.05, 3.63) is 59.9 Å². The van der Waals surface area contributed by atoms with Crippen molar-refractivity contribution >= 4 is 11.5 Å². The molecule has 1 unspecified atom stereocenters. The summed E-state index contributed by atoms with van der Waals surface area (Å²) in [7, 11) is 0. The maximum Gasteiger partial charge on any atom is 0.160 e. The van der Waals surface area contributed by atoms with E-state index < -0.39 is 0 Å². The summed E-state index contributed by atoms with van der Waals surface area (Å²) < 4.78 is 1.87. The fourth-order valence-electron chi connectivity index (χ4n) is 3.38. The Morgan fingerprint density at radius 1 is 1.18 bits per heavy atom. The van der Waals surface area contributed by atoms with Gasteiger partial charge in [-0.15, -0.1) is 0 Å². The van der Waals surface area contributed by atoms with Crippen molar-refractivity contribution in [3.63, 3.8) is 0 Å².